The van der Waals surface area contributed by atoms with Crippen molar-refractivity contribution >= 4 is 28.7 Å². The van der Waals surface area contributed by atoms with Gasteiger partial charge in [-0.25, -0.2) is 4.98 Å². The molecule has 7 nitrogen and oxygen atoms in total. The first-order chi connectivity index (χ1) is 14.4. The van der Waals surface area contributed by atoms with Crippen LogP contribution in [0.5, 0.6) is 5.75 Å². The number of fused-ring (bicyclic) bond motifs is 1. The summed E-state index contributed by atoms with van der Waals surface area (Å²) in [5.74, 6) is 0.704. The average molecular weight is 401 g/mol. The van der Waals surface area contributed by atoms with Crippen LogP contribution in [0.25, 0.3) is 16.9 Å². The van der Waals surface area contributed by atoms with Crippen molar-refractivity contribution in [3.05, 3.63) is 71.9 Å². The van der Waals surface area contributed by atoms with E-state index in [-0.39, 0.29) is 6.61 Å². The molecular weight excluding hydrogens is 378 g/mol. The molecular formula is C23H23N5O2. The van der Waals surface area contributed by atoms with E-state index in [0.29, 0.717) is 22.7 Å². The highest BCUT2D eigenvalue weighted by molar-refractivity contribution is 5.85. The number of carbonyl (C=O) groups is 1. The molecule has 1 amide bonds. The number of carbonyl (C=O) groups excluding carboxylic acids is 1. The molecule has 2 heterocycles. The summed E-state index contributed by atoms with van der Waals surface area (Å²) in [6, 6.07) is 17.2. The zero-order valence-corrected chi connectivity index (χ0v) is 16.8. The number of hydrogen-bond acceptors (Lipinski definition) is 5. The topological polar surface area (TPSA) is 108 Å². The van der Waals surface area contributed by atoms with Crippen molar-refractivity contribution in [2.75, 3.05) is 17.7 Å². The van der Waals surface area contributed by atoms with Crippen LogP contribution in [0.2, 0.25) is 0 Å². The van der Waals surface area contributed by atoms with Gasteiger partial charge in [0, 0.05) is 23.1 Å². The molecule has 30 heavy (non-hydrogen) atoms. The van der Waals surface area contributed by atoms with Crippen LogP contribution in [0.4, 0.5) is 17.2 Å². The Morgan fingerprint density at radius 1 is 1.10 bits per heavy atom. The SMILES string of the molecule is Cc1cccc(C)c1Nc1c(-c2cc(N)ccc2OCC(N)=O)nc2ccccn12. The van der Waals surface area contributed by atoms with E-state index < -0.39 is 5.91 Å². The molecule has 0 saturated heterocycles. The van der Waals surface area contributed by atoms with Crippen LogP contribution in [-0.2, 0) is 4.79 Å². The molecule has 0 aliphatic rings. The minimum atomic E-state index is -0.554. The number of para-hydroxylation sites is 1. The standard InChI is InChI=1S/C23H23N5O2/c1-14-6-5-7-15(2)21(14)27-23-22(26-20-8-3-4-11-28(20)23)17-12-16(24)9-10-18(17)30-13-19(25)29/h3-12,27H,13,24H2,1-2H3,(H2,25,29). The van der Waals surface area contributed by atoms with Crippen molar-refractivity contribution in [3.8, 4) is 17.0 Å². The van der Waals surface area contributed by atoms with E-state index in [1.54, 1.807) is 18.2 Å². The van der Waals surface area contributed by atoms with Gasteiger partial charge in [0.15, 0.2) is 6.61 Å². The monoisotopic (exact) mass is 401 g/mol. The maximum Gasteiger partial charge on any atom is 0.255 e. The molecule has 0 aliphatic carbocycles. The third-order valence-corrected chi connectivity index (χ3v) is 4.88. The number of nitrogens with zero attached hydrogens (tertiary/aromatic N) is 2. The van der Waals surface area contributed by atoms with Crippen LogP contribution in [0, 0.1) is 13.8 Å². The molecule has 0 unspecified atom stereocenters. The van der Waals surface area contributed by atoms with Gasteiger partial charge in [-0.15, -0.1) is 0 Å². The molecule has 0 atom stereocenters. The summed E-state index contributed by atoms with van der Waals surface area (Å²) in [6.07, 6.45) is 1.94. The number of aromatic nitrogens is 2. The van der Waals surface area contributed by atoms with Gasteiger partial charge in [-0.3, -0.25) is 9.20 Å². The summed E-state index contributed by atoms with van der Waals surface area (Å²) in [4.78, 5) is 16.1. The van der Waals surface area contributed by atoms with Crippen LogP contribution in [-0.4, -0.2) is 21.9 Å². The molecule has 5 N–H and O–H groups in total. The van der Waals surface area contributed by atoms with E-state index in [9.17, 15) is 4.79 Å². The molecule has 0 fully saturated rings. The number of primary amides is 1. The highest BCUT2D eigenvalue weighted by atomic mass is 16.5. The van der Waals surface area contributed by atoms with Gasteiger partial charge in [-0.05, 0) is 55.3 Å². The van der Waals surface area contributed by atoms with E-state index in [2.05, 4.69) is 31.3 Å². The van der Waals surface area contributed by atoms with Gasteiger partial charge < -0.3 is 21.5 Å². The third-order valence-electron chi connectivity index (χ3n) is 4.88. The number of benzene rings is 2. The van der Waals surface area contributed by atoms with Gasteiger partial charge in [0.2, 0.25) is 0 Å². The minimum absolute atomic E-state index is 0.232. The number of rotatable bonds is 6. The van der Waals surface area contributed by atoms with Crippen molar-refractivity contribution in [2.45, 2.75) is 13.8 Å². The molecule has 0 radical (unpaired) electrons. The van der Waals surface area contributed by atoms with Crippen molar-refractivity contribution in [1.29, 1.82) is 0 Å². The number of aryl methyl sites for hydroxylation is 2. The molecule has 2 aromatic carbocycles. The quantitative estimate of drug-likeness (QED) is 0.426. The largest absolute Gasteiger partial charge is 0.483 e. The summed E-state index contributed by atoms with van der Waals surface area (Å²) >= 11 is 0. The van der Waals surface area contributed by atoms with Gasteiger partial charge in [-0.1, -0.05) is 24.3 Å². The highest BCUT2D eigenvalue weighted by Gasteiger charge is 2.19. The fourth-order valence-electron chi connectivity index (χ4n) is 3.44. The van der Waals surface area contributed by atoms with E-state index >= 15 is 0 Å². The Kier molecular flexibility index (Phi) is 5.02. The number of amides is 1. The third kappa shape index (κ3) is 3.65. The summed E-state index contributed by atoms with van der Waals surface area (Å²) in [6.45, 7) is 3.88. The first kappa shape index (κ1) is 19.3. The highest BCUT2D eigenvalue weighted by Crippen LogP contribution is 2.38. The Morgan fingerprint density at radius 3 is 2.60 bits per heavy atom. The van der Waals surface area contributed by atoms with Gasteiger partial charge in [0.25, 0.3) is 5.91 Å². The van der Waals surface area contributed by atoms with Crippen LogP contribution in [0.15, 0.2) is 60.8 Å². The van der Waals surface area contributed by atoms with Crippen molar-refractivity contribution in [3.63, 3.8) is 0 Å². The van der Waals surface area contributed by atoms with Gasteiger partial charge in [0.05, 0.1) is 0 Å². The lowest BCUT2D eigenvalue weighted by molar-refractivity contribution is -0.119. The number of pyridine rings is 1. The average Bonchev–Trinajstić information content (AvgIpc) is 3.08. The van der Waals surface area contributed by atoms with Crippen LogP contribution in [0.3, 0.4) is 0 Å². The lowest BCUT2D eigenvalue weighted by atomic mass is 10.1. The Labute approximate surface area is 174 Å². The van der Waals surface area contributed by atoms with Crippen LogP contribution < -0.4 is 21.5 Å². The first-order valence-electron chi connectivity index (χ1n) is 9.55. The second-order valence-electron chi connectivity index (χ2n) is 7.14. The van der Waals surface area contributed by atoms with E-state index in [4.69, 9.17) is 21.2 Å². The fourth-order valence-corrected chi connectivity index (χ4v) is 3.44. The van der Waals surface area contributed by atoms with E-state index in [0.717, 1.165) is 28.3 Å². The number of nitrogens with two attached hydrogens (primary N) is 2. The van der Waals surface area contributed by atoms with Gasteiger partial charge in [-0.2, -0.15) is 0 Å². The smallest absolute Gasteiger partial charge is 0.255 e. The maximum atomic E-state index is 11.3. The van der Waals surface area contributed by atoms with Crippen molar-refractivity contribution in [1.82, 2.24) is 9.38 Å². The first-order valence-corrected chi connectivity index (χ1v) is 9.55. The van der Waals surface area contributed by atoms with Crippen LogP contribution >= 0.6 is 0 Å². The number of nitrogens with one attached hydrogen (secondary N) is 1. The molecule has 0 bridgehead atoms. The Balaban J connectivity index is 1.91. The molecule has 2 aromatic heterocycles. The molecule has 152 valence electrons. The number of anilines is 3. The van der Waals surface area contributed by atoms with Gasteiger partial charge >= 0.3 is 0 Å². The molecule has 7 heteroatoms. The second-order valence-corrected chi connectivity index (χ2v) is 7.14. The number of ether oxygens (including phenoxy) is 1. The summed E-state index contributed by atoms with van der Waals surface area (Å²) in [7, 11) is 0. The van der Waals surface area contributed by atoms with E-state index in [1.807, 2.05) is 34.9 Å². The maximum absolute atomic E-state index is 11.3. The number of nitrogen functional groups attached to an aromatic ring is 1. The number of imidazole rings is 1. The minimum Gasteiger partial charge on any atom is -0.483 e. The lowest BCUT2D eigenvalue weighted by Gasteiger charge is -2.15. The lowest BCUT2D eigenvalue weighted by Crippen LogP contribution is -2.20. The Morgan fingerprint density at radius 2 is 1.87 bits per heavy atom. The second kappa shape index (κ2) is 7.79. The Hall–Kier alpha value is -4.00. The zero-order chi connectivity index (χ0) is 21.3. The summed E-state index contributed by atoms with van der Waals surface area (Å²) < 4.78 is 7.62. The molecule has 0 aliphatic heterocycles. The molecule has 4 rings (SSSR count). The number of hydrogen-bond donors (Lipinski definition) is 3. The van der Waals surface area contributed by atoms with E-state index in [1.165, 1.54) is 0 Å². The summed E-state index contributed by atoms with van der Waals surface area (Å²) in [5, 5.41) is 3.55. The predicted octanol–water partition coefficient (Wildman–Crippen LogP) is 3.81. The summed E-state index contributed by atoms with van der Waals surface area (Å²) in [5.41, 5.74) is 17.2. The zero-order valence-electron chi connectivity index (χ0n) is 16.8. The normalized spacial score (nSPS) is 10.9. The molecule has 0 saturated carbocycles. The molecule has 0 spiro atoms. The van der Waals surface area contributed by atoms with Gasteiger partial charge in [0.1, 0.15) is 22.9 Å². The van der Waals surface area contributed by atoms with Crippen LogP contribution in [0.1, 0.15) is 11.1 Å². The van der Waals surface area contributed by atoms with Crippen molar-refractivity contribution in [2.24, 2.45) is 5.73 Å². The predicted molar refractivity (Wildman–Crippen MR) is 119 cm³/mol. The fraction of sp³-hybridized carbons (Fsp3) is 0.130. The Bertz CT molecular complexity index is 1230. The van der Waals surface area contributed by atoms with Crippen molar-refractivity contribution < 1.29 is 9.53 Å². The molecule has 4 aromatic rings.